The lowest BCUT2D eigenvalue weighted by Crippen LogP contribution is -2.07. The fraction of sp³-hybridized carbons (Fsp3) is 0.0714. The highest BCUT2D eigenvalue weighted by atomic mass is 79.9. The Morgan fingerprint density at radius 3 is 2.35 bits per heavy atom. The molecule has 0 aliphatic rings. The van der Waals surface area contributed by atoms with Gasteiger partial charge in [-0.3, -0.25) is 4.79 Å². The number of nitrogen functional groups attached to an aromatic ring is 1. The Labute approximate surface area is 109 Å². The van der Waals surface area contributed by atoms with E-state index >= 15 is 0 Å². The van der Waals surface area contributed by atoms with Crippen molar-refractivity contribution < 1.29 is 4.79 Å². The van der Waals surface area contributed by atoms with E-state index in [4.69, 9.17) is 5.73 Å². The normalized spacial score (nSPS) is 10.2. The van der Waals surface area contributed by atoms with Crippen LogP contribution in [0.1, 0.15) is 21.5 Å². The minimum atomic E-state index is -0.0342. The number of benzene rings is 2. The van der Waals surface area contributed by atoms with Crippen LogP contribution in [0, 0.1) is 6.92 Å². The molecule has 2 nitrogen and oxygen atoms in total. The number of anilines is 1. The third kappa shape index (κ3) is 2.39. The van der Waals surface area contributed by atoms with Gasteiger partial charge in [0.25, 0.3) is 0 Å². The van der Waals surface area contributed by atoms with Crippen LogP contribution in [-0.2, 0) is 0 Å². The van der Waals surface area contributed by atoms with Gasteiger partial charge in [0.05, 0.1) is 0 Å². The lowest BCUT2D eigenvalue weighted by molar-refractivity contribution is 0.103. The summed E-state index contributed by atoms with van der Waals surface area (Å²) in [6, 6.07) is 12.8. The zero-order chi connectivity index (χ0) is 12.4. The Kier molecular flexibility index (Phi) is 3.29. The number of hydrogen-bond donors (Lipinski definition) is 1. The fourth-order valence-electron chi connectivity index (χ4n) is 1.75. The third-order valence-corrected chi connectivity index (χ3v) is 3.17. The van der Waals surface area contributed by atoms with Crippen LogP contribution < -0.4 is 5.73 Å². The summed E-state index contributed by atoms with van der Waals surface area (Å²) in [7, 11) is 0. The number of carbonyl (C=O) groups excluding carboxylic acids is 1. The number of nitrogens with two attached hydrogens (primary N) is 1. The molecule has 2 rings (SSSR count). The van der Waals surface area contributed by atoms with Crippen LogP contribution in [0.3, 0.4) is 0 Å². The van der Waals surface area contributed by atoms with Crippen LogP contribution in [0.2, 0.25) is 0 Å². The summed E-state index contributed by atoms with van der Waals surface area (Å²) in [4.78, 5) is 12.3. The van der Waals surface area contributed by atoms with Crippen LogP contribution in [0.5, 0.6) is 0 Å². The lowest BCUT2D eigenvalue weighted by atomic mass is 9.97. The summed E-state index contributed by atoms with van der Waals surface area (Å²) in [5, 5.41) is 0. The standard InChI is InChI=1S/C14H12BrNO/c1-9-3-2-4-12(16)13(9)14(17)10-5-7-11(15)8-6-10/h2-8H,16H2,1H3. The molecule has 0 heterocycles. The molecular formula is C14H12BrNO. The Morgan fingerprint density at radius 2 is 1.76 bits per heavy atom. The number of aryl methyl sites for hydroxylation is 1. The summed E-state index contributed by atoms with van der Waals surface area (Å²) in [5.74, 6) is -0.0342. The van der Waals surface area contributed by atoms with Gasteiger partial charge in [0.1, 0.15) is 0 Å². The van der Waals surface area contributed by atoms with Gasteiger partial charge in [0.15, 0.2) is 5.78 Å². The van der Waals surface area contributed by atoms with E-state index in [1.807, 2.05) is 31.2 Å². The molecule has 0 aromatic heterocycles. The summed E-state index contributed by atoms with van der Waals surface area (Å²) in [6.45, 7) is 1.89. The first kappa shape index (κ1) is 11.9. The van der Waals surface area contributed by atoms with Gasteiger partial charge < -0.3 is 5.73 Å². The molecule has 2 N–H and O–H groups in total. The second-order valence-electron chi connectivity index (χ2n) is 3.88. The van der Waals surface area contributed by atoms with Crippen molar-refractivity contribution in [3.05, 3.63) is 63.6 Å². The second-order valence-corrected chi connectivity index (χ2v) is 4.79. The average Bonchev–Trinajstić information content (AvgIpc) is 2.29. The zero-order valence-electron chi connectivity index (χ0n) is 9.41. The van der Waals surface area contributed by atoms with Crippen LogP contribution in [0.4, 0.5) is 5.69 Å². The van der Waals surface area contributed by atoms with Crippen molar-refractivity contribution in [3.8, 4) is 0 Å². The molecular weight excluding hydrogens is 278 g/mol. The minimum Gasteiger partial charge on any atom is -0.398 e. The van der Waals surface area contributed by atoms with Crippen molar-refractivity contribution in [2.75, 3.05) is 5.73 Å². The van der Waals surface area contributed by atoms with Crippen LogP contribution >= 0.6 is 15.9 Å². The number of hydrogen-bond acceptors (Lipinski definition) is 2. The van der Waals surface area contributed by atoms with Gasteiger partial charge in [-0.25, -0.2) is 0 Å². The lowest BCUT2D eigenvalue weighted by Gasteiger charge is -2.08. The molecule has 0 aliphatic carbocycles. The number of rotatable bonds is 2. The second kappa shape index (κ2) is 4.72. The number of halogens is 1. The molecule has 0 unspecified atom stereocenters. The molecule has 0 bridgehead atoms. The molecule has 86 valence electrons. The highest BCUT2D eigenvalue weighted by Gasteiger charge is 2.14. The smallest absolute Gasteiger partial charge is 0.195 e. The number of carbonyl (C=O) groups is 1. The van der Waals surface area contributed by atoms with Gasteiger partial charge in [0, 0.05) is 21.3 Å². The predicted molar refractivity (Wildman–Crippen MR) is 73.2 cm³/mol. The zero-order valence-corrected chi connectivity index (χ0v) is 11.0. The van der Waals surface area contributed by atoms with Gasteiger partial charge in [-0.2, -0.15) is 0 Å². The van der Waals surface area contributed by atoms with Crippen molar-refractivity contribution in [1.82, 2.24) is 0 Å². The topological polar surface area (TPSA) is 43.1 Å². The van der Waals surface area contributed by atoms with E-state index in [0.717, 1.165) is 10.0 Å². The van der Waals surface area contributed by atoms with Crippen molar-refractivity contribution in [1.29, 1.82) is 0 Å². The SMILES string of the molecule is Cc1cccc(N)c1C(=O)c1ccc(Br)cc1. The highest BCUT2D eigenvalue weighted by molar-refractivity contribution is 9.10. The molecule has 0 radical (unpaired) electrons. The van der Waals surface area contributed by atoms with Crippen molar-refractivity contribution in [2.45, 2.75) is 6.92 Å². The summed E-state index contributed by atoms with van der Waals surface area (Å²) in [5.41, 5.74) is 8.53. The van der Waals surface area contributed by atoms with Crippen LogP contribution in [0.25, 0.3) is 0 Å². The molecule has 0 saturated heterocycles. The van der Waals surface area contributed by atoms with Gasteiger partial charge in [-0.1, -0.05) is 28.1 Å². The van der Waals surface area contributed by atoms with Gasteiger partial charge >= 0.3 is 0 Å². The summed E-state index contributed by atoms with van der Waals surface area (Å²) >= 11 is 3.34. The fourth-order valence-corrected chi connectivity index (χ4v) is 2.01. The van der Waals surface area contributed by atoms with E-state index in [0.29, 0.717) is 16.8 Å². The van der Waals surface area contributed by atoms with Crippen molar-refractivity contribution in [3.63, 3.8) is 0 Å². The summed E-state index contributed by atoms with van der Waals surface area (Å²) in [6.07, 6.45) is 0. The molecule has 0 atom stereocenters. The molecule has 2 aromatic carbocycles. The molecule has 0 saturated carbocycles. The minimum absolute atomic E-state index is 0.0342. The summed E-state index contributed by atoms with van der Waals surface area (Å²) < 4.78 is 0.951. The predicted octanol–water partition coefficient (Wildman–Crippen LogP) is 3.57. The molecule has 0 fully saturated rings. The molecule has 3 heteroatoms. The molecule has 17 heavy (non-hydrogen) atoms. The van der Waals surface area contributed by atoms with Crippen LogP contribution in [0.15, 0.2) is 46.9 Å². The highest BCUT2D eigenvalue weighted by Crippen LogP contribution is 2.21. The van der Waals surface area contributed by atoms with Crippen molar-refractivity contribution >= 4 is 27.4 Å². The Hall–Kier alpha value is -1.61. The van der Waals surface area contributed by atoms with E-state index in [2.05, 4.69) is 15.9 Å². The Bertz CT molecular complexity index is 541. The van der Waals surface area contributed by atoms with Crippen molar-refractivity contribution in [2.24, 2.45) is 0 Å². The van der Waals surface area contributed by atoms with Crippen LogP contribution in [-0.4, -0.2) is 5.78 Å². The van der Waals surface area contributed by atoms with Gasteiger partial charge in [-0.05, 0) is 42.8 Å². The van der Waals surface area contributed by atoms with E-state index in [9.17, 15) is 4.79 Å². The van der Waals surface area contributed by atoms with Gasteiger partial charge in [-0.15, -0.1) is 0 Å². The number of ketones is 1. The van der Waals surface area contributed by atoms with E-state index in [1.165, 1.54) is 0 Å². The first-order chi connectivity index (χ1) is 8.09. The van der Waals surface area contributed by atoms with E-state index in [-0.39, 0.29) is 5.78 Å². The largest absolute Gasteiger partial charge is 0.398 e. The van der Waals surface area contributed by atoms with E-state index in [1.54, 1.807) is 18.2 Å². The quantitative estimate of drug-likeness (QED) is 0.678. The monoisotopic (exact) mass is 289 g/mol. The van der Waals surface area contributed by atoms with E-state index < -0.39 is 0 Å². The Morgan fingerprint density at radius 1 is 1.12 bits per heavy atom. The maximum absolute atomic E-state index is 12.3. The molecule has 0 spiro atoms. The first-order valence-electron chi connectivity index (χ1n) is 5.25. The van der Waals surface area contributed by atoms with Gasteiger partial charge in [0.2, 0.25) is 0 Å². The molecule has 0 amide bonds. The first-order valence-corrected chi connectivity index (χ1v) is 6.04. The maximum Gasteiger partial charge on any atom is 0.195 e. The molecule has 0 aliphatic heterocycles. The third-order valence-electron chi connectivity index (χ3n) is 2.64. The Balaban J connectivity index is 2.47. The molecule has 2 aromatic rings. The average molecular weight is 290 g/mol. The maximum atomic E-state index is 12.3.